The van der Waals surface area contributed by atoms with E-state index in [-0.39, 0.29) is 17.6 Å². The zero-order chi connectivity index (χ0) is 25.1. The lowest BCUT2D eigenvalue weighted by molar-refractivity contribution is 0.0951. The molecule has 1 fully saturated rings. The van der Waals surface area contributed by atoms with Gasteiger partial charge in [0.1, 0.15) is 0 Å². The third-order valence-corrected chi connectivity index (χ3v) is 5.59. The second-order valence-corrected chi connectivity index (χ2v) is 9.09. The van der Waals surface area contributed by atoms with E-state index in [9.17, 15) is 9.59 Å². The lowest BCUT2D eigenvalue weighted by Gasteiger charge is -2.13. The van der Waals surface area contributed by atoms with Crippen molar-refractivity contribution in [3.8, 4) is 17.1 Å². The second kappa shape index (κ2) is 10.0. The monoisotopic (exact) mass is 485 g/mol. The van der Waals surface area contributed by atoms with Crippen LogP contribution in [0.3, 0.4) is 0 Å². The van der Waals surface area contributed by atoms with Crippen molar-refractivity contribution in [2.24, 2.45) is 5.92 Å². The second-order valence-electron chi connectivity index (χ2n) is 9.09. The Labute approximate surface area is 208 Å². The van der Waals surface area contributed by atoms with Crippen LogP contribution < -0.4 is 20.7 Å². The fraction of sp³-hybridized carbons (Fsp3) is 0.269. The fourth-order valence-electron chi connectivity index (χ4n) is 3.60. The van der Waals surface area contributed by atoms with Crippen LogP contribution in [0.25, 0.3) is 16.9 Å². The van der Waals surface area contributed by atoms with Gasteiger partial charge in [0.25, 0.3) is 5.91 Å². The third-order valence-electron chi connectivity index (χ3n) is 5.59. The number of nitrogens with one attached hydrogen (secondary N) is 3. The Bertz CT molecular complexity index is 1380. The van der Waals surface area contributed by atoms with E-state index in [1.54, 1.807) is 48.9 Å². The zero-order valence-electron chi connectivity index (χ0n) is 20.1. The molecule has 1 saturated carbocycles. The van der Waals surface area contributed by atoms with Gasteiger partial charge < -0.3 is 15.4 Å². The van der Waals surface area contributed by atoms with Crippen molar-refractivity contribution in [2.75, 3.05) is 17.2 Å². The summed E-state index contributed by atoms with van der Waals surface area (Å²) in [6.07, 6.45) is 6.35. The number of anilines is 2. The van der Waals surface area contributed by atoms with Gasteiger partial charge in [0, 0.05) is 36.0 Å². The first-order valence-corrected chi connectivity index (χ1v) is 11.9. The van der Waals surface area contributed by atoms with Crippen LogP contribution in [0.4, 0.5) is 16.4 Å². The number of hydrogen-bond acceptors (Lipinski definition) is 7. The van der Waals surface area contributed by atoms with E-state index in [1.807, 2.05) is 16.5 Å². The molecule has 0 aliphatic heterocycles. The number of imidazole rings is 1. The summed E-state index contributed by atoms with van der Waals surface area (Å²) in [5, 5.41) is 8.98. The number of benzene rings is 1. The van der Waals surface area contributed by atoms with Crippen LogP contribution >= 0.6 is 0 Å². The van der Waals surface area contributed by atoms with Crippen LogP contribution in [0.15, 0.2) is 61.1 Å². The molecule has 3 heterocycles. The molecule has 184 valence electrons. The van der Waals surface area contributed by atoms with Crippen LogP contribution in [-0.4, -0.2) is 43.9 Å². The average Bonchev–Trinajstić information content (AvgIpc) is 3.58. The van der Waals surface area contributed by atoms with E-state index in [2.05, 4.69) is 44.7 Å². The van der Waals surface area contributed by atoms with Gasteiger partial charge in [-0.1, -0.05) is 32.0 Å². The first-order chi connectivity index (χ1) is 17.5. The van der Waals surface area contributed by atoms with Gasteiger partial charge in [-0.2, -0.15) is 0 Å². The molecule has 10 heteroatoms. The van der Waals surface area contributed by atoms with Crippen LogP contribution in [0.1, 0.15) is 37.0 Å². The van der Waals surface area contributed by atoms with Crippen LogP contribution in [-0.2, 0) is 0 Å². The van der Waals surface area contributed by atoms with Gasteiger partial charge in [0.15, 0.2) is 17.3 Å². The largest absolute Gasteiger partial charge is 0.419 e. The van der Waals surface area contributed by atoms with Gasteiger partial charge in [-0.05, 0) is 37.0 Å². The number of carbonyl (C=O) groups excluding carboxylic acids is 2. The summed E-state index contributed by atoms with van der Waals surface area (Å²) in [6.45, 7) is 4.86. The van der Waals surface area contributed by atoms with Crippen molar-refractivity contribution < 1.29 is 14.3 Å². The van der Waals surface area contributed by atoms with Crippen molar-refractivity contribution in [1.29, 1.82) is 0 Å². The predicted octanol–water partition coefficient (Wildman–Crippen LogP) is 4.36. The van der Waals surface area contributed by atoms with E-state index in [0.717, 1.165) is 24.1 Å². The van der Waals surface area contributed by atoms with E-state index < -0.39 is 6.09 Å². The summed E-state index contributed by atoms with van der Waals surface area (Å²) >= 11 is 0. The number of aromatic nitrogens is 4. The molecule has 0 atom stereocenters. The van der Waals surface area contributed by atoms with Gasteiger partial charge in [-0.3, -0.25) is 14.5 Å². The number of pyridine rings is 1. The minimum absolute atomic E-state index is 0.0653. The molecular weight excluding hydrogens is 458 g/mol. The number of rotatable bonds is 8. The SMILES string of the molecule is CC(C)CNc1nc(NC(=O)Oc2ccccn2)cn2c(-c3ccc(C(=O)NC4CC4)cc3)cnc12. The molecule has 2 amide bonds. The molecule has 36 heavy (non-hydrogen) atoms. The summed E-state index contributed by atoms with van der Waals surface area (Å²) in [4.78, 5) is 38.0. The predicted molar refractivity (Wildman–Crippen MR) is 136 cm³/mol. The fourth-order valence-corrected chi connectivity index (χ4v) is 3.60. The van der Waals surface area contributed by atoms with E-state index >= 15 is 0 Å². The number of carbonyl (C=O) groups is 2. The van der Waals surface area contributed by atoms with Crippen molar-refractivity contribution >= 4 is 29.3 Å². The Morgan fingerprint density at radius 3 is 2.61 bits per heavy atom. The highest BCUT2D eigenvalue weighted by Gasteiger charge is 2.24. The quantitative estimate of drug-likeness (QED) is 0.339. The molecule has 1 aromatic carbocycles. The Balaban J connectivity index is 1.44. The maximum Gasteiger partial charge on any atom is 0.419 e. The number of hydrogen-bond donors (Lipinski definition) is 3. The maximum atomic E-state index is 12.5. The van der Waals surface area contributed by atoms with Gasteiger partial charge in [-0.15, -0.1) is 0 Å². The van der Waals surface area contributed by atoms with Crippen LogP contribution in [0.5, 0.6) is 5.88 Å². The molecular formula is C26H27N7O3. The molecule has 5 rings (SSSR count). The van der Waals surface area contributed by atoms with Crippen molar-refractivity contribution in [3.05, 3.63) is 66.6 Å². The Kier molecular flexibility index (Phi) is 6.48. The van der Waals surface area contributed by atoms with E-state index in [0.29, 0.717) is 35.5 Å². The van der Waals surface area contributed by atoms with Gasteiger partial charge in [0.2, 0.25) is 5.88 Å². The minimum Gasteiger partial charge on any atom is -0.391 e. The number of fused-ring (bicyclic) bond motifs is 1. The molecule has 3 aromatic heterocycles. The zero-order valence-corrected chi connectivity index (χ0v) is 20.1. The van der Waals surface area contributed by atoms with Crippen LogP contribution in [0, 0.1) is 5.92 Å². The first kappa shape index (κ1) is 23.3. The molecule has 3 N–H and O–H groups in total. The first-order valence-electron chi connectivity index (χ1n) is 11.9. The van der Waals surface area contributed by atoms with Crippen LogP contribution in [0.2, 0.25) is 0 Å². The number of nitrogens with zero attached hydrogens (tertiary/aromatic N) is 4. The van der Waals surface area contributed by atoms with Crippen molar-refractivity contribution in [1.82, 2.24) is 24.7 Å². The van der Waals surface area contributed by atoms with E-state index in [1.165, 1.54) is 0 Å². The Hall–Kier alpha value is -4.47. The number of amides is 2. The van der Waals surface area contributed by atoms with Gasteiger partial charge >= 0.3 is 6.09 Å². The normalized spacial score (nSPS) is 13.0. The molecule has 1 aliphatic rings. The highest BCUT2D eigenvalue weighted by atomic mass is 16.6. The smallest absolute Gasteiger partial charge is 0.391 e. The highest BCUT2D eigenvalue weighted by Crippen LogP contribution is 2.27. The molecule has 10 nitrogen and oxygen atoms in total. The summed E-state index contributed by atoms with van der Waals surface area (Å²) in [6, 6.07) is 12.7. The molecule has 0 spiro atoms. The topological polar surface area (TPSA) is 123 Å². The van der Waals surface area contributed by atoms with Crippen molar-refractivity contribution in [2.45, 2.75) is 32.7 Å². The van der Waals surface area contributed by atoms with E-state index in [4.69, 9.17) is 4.74 Å². The third kappa shape index (κ3) is 5.43. The molecule has 4 aromatic rings. The molecule has 0 radical (unpaired) electrons. The summed E-state index contributed by atoms with van der Waals surface area (Å²) in [5.74, 6) is 1.31. The Morgan fingerprint density at radius 2 is 1.92 bits per heavy atom. The lowest BCUT2D eigenvalue weighted by atomic mass is 10.1. The summed E-state index contributed by atoms with van der Waals surface area (Å²) in [7, 11) is 0. The molecule has 0 unspecified atom stereocenters. The molecule has 0 saturated heterocycles. The standard InChI is InChI=1S/C26H27N7O3/c1-16(2)13-28-23-24-29-14-20(17-6-8-18(9-7-17)25(34)30-19-10-11-19)33(24)15-21(31-23)32-26(35)36-22-5-3-4-12-27-22/h3-9,12,14-16,19H,10-11,13H2,1-2H3,(H,28,31)(H,30,34)(H,32,35). The molecule has 1 aliphatic carbocycles. The Morgan fingerprint density at radius 1 is 1.11 bits per heavy atom. The van der Waals surface area contributed by atoms with Gasteiger partial charge in [0.05, 0.1) is 18.1 Å². The number of ether oxygens (including phenoxy) is 1. The minimum atomic E-state index is -0.706. The van der Waals surface area contributed by atoms with Gasteiger partial charge in [-0.25, -0.2) is 19.7 Å². The summed E-state index contributed by atoms with van der Waals surface area (Å²) in [5.41, 5.74) is 2.88. The van der Waals surface area contributed by atoms with Crippen molar-refractivity contribution in [3.63, 3.8) is 0 Å². The summed E-state index contributed by atoms with van der Waals surface area (Å²) < 4.78 is 7.10. The lowest BCUT2D eigenvalue weighted by Crippen LogP contribution is -2.25. The highest BCUT2D eigenvalue weighted by molar-refractivity contribution is 5.95. The average molecular weight is 486 g/mol. The maximum absolute atomic E-state index is 12.5. The molecule has 0 bridgehead atoms.